The fourth-order valence-corrected chi connectivity index (χ4v) is 4.14. The Morgan fingerprint density at radius 2 is 1.61 bits per heavy atom. The lowest BCUT2D eigenvalue weighted by Gasteiger charge is -2.40. The Hall–Kier alpha value is -3.55. The molecule has 8 heteroatoms. The molecule has 1 unspecified atom stereocenters. The van der Waals surface area contributed by atoms with Crippen LogP contribution < -0.4 is 5.43 Å². The summed E-state index contributed by atoms with van der Waals surface area (Å²) in [4.78, 5) is 26.6. The van der Waals surface area contributed by atoms with Crippen molar-refractivity contribution in [1.82, 2.24) is 14.7 Å². The van der Waals surface area contributed by atoms with E-state index in [0.717, 1.165) is 6.20 Å². The fraction of sp³-hybridized carbons (Fsp3) is 0.261. The van der Waals surface area contributed by atoms with E-state index < -0.39 is 40.7 Å². The molecule has 31 heavy (non-hydrogen) atoms. The van der Waals surface area contributed by atoms with E-state index in [0.29, 0.717) is 11.1 Å². The maximum absolute atomic E-state index is 14.1. The highest BCUT2D eigenvalue weighted by molar-refractivity contribution is 5.96. The molecule has 1 aliphatic heterocycles. The van der Waals surface area contributed by atoms with E-state index in [1.165, 1.54) is 33.8 Å². The Labute approximate surface area is 177 Å². The number of carbonyl (C=O) groups is 1. The van der Waals surface area contributed by atoms with Gasteiger partial charge in [0, 0.05) is 18.5 Å². The zero-order valence-electron chi connectivity index (χ0n) is 17.0. The summed E-state index contributed by atoms with van der Waals surface area (Å²) in [5, 5.41) is 14.5. The van der Waals surface area contributed by atoms with Crippen LogP contribution in [0, 0.1) is 11.6 Å². The predicted molar refractivity (Wildman–Crippen MR) is 110 cm³/mol. The number of benzene rings is 2. The lowest BCUT2D eigenvalue weighted by atomic mass is 9.83. The summed E-state index contributed by atoms with van der Waals surface area (Å²) in [7, 11) is 0. The molecule has 0 aliphatic carbocycles. The number of aromatic nitrogens is 2. The van der Waals surface area contributed by atoms with Crippen LogP contribution in [0.15, 0.2) is 59.5 Å². The van der Waals surface area contributed by atoms with Gasteiger partial charge in [-0.1, -0.05) is 24.3 Å². The van der Waals surface area contributed by atoms with E-state index in [9.17, 15) is 23.5 Å². The lowest BCUT2D eigenvalue weighted by molar-refractivity contribution is 0.0570. The number of aromatic hydroxyl groups is 1. The van der Waals surface area contributed by atoms with Crippen molar-refractivity contribution < 1.29 is 18.7 Å². The quantitative estimate of drug-likeness (QED) is 0.695. The minimum Gasteiger partial charge on any atom is -0.502 e. The lowest BCUT2D eigenvalue weighted by Crippen LogP contribution is -2.49. The maximum atomic E-state index is 14.1. The highest BCUT2D eigenvalue weighted by atomic mass is 19.1. The second kappa shape index (κ2) is 7.94. The third-order valence-electron chi connectivity index (χ3n) is 5.57. The van der Waals surface area contributed by atoms with E-state index in [-0.39, 0.29) is 18.3 Å². The van der Waals surface area contributed by atoms with Crippen LogP contribution in [0.25, 0.3) is 0 Å². The number of hydrogen-bond acceptors (Lipinski definition) is 4. The van der Waals surface area contributed by atoms with E-state index in [2.05, 4.69) is 5.10 Å². The third kappa shape index (κ3) is 3.69. The number of halogens is 2. The predicted octanol–water partition coefficient (Wildman–Crippen LogP) is 3.46. The molecule has 3 aromatic rings. The van der Waals surface area contributed by atoms with Crippen LogP contribution in [-0.4, -0.2) is 38.3 Å². The maximum Gasteiger partial charge on any atom is 0.276 e. The summed E-state index contributed by atoms with van der Waals surface area (Å²) in [5.74, 6) is -2.72. The minimum absolute atomic E-state index is 0.177. The molecule has 1 atom stereocenters. The summed E-state index contributed by atoms with van der Waals surface area (Å²) < 4.78 is 29.6. The van der Waals surface area contributed by atoms with Crippen molar-refractivity contribution in [3.8, 4) is 5.75 Å². The smallest absolute Gasteiger partial charge is 0.276 e. The van der Waals surface area contributed by atoms with Gasteiger partial charge in [0.15, 0.2) is 11.4 Å². The van der Waals surface area contributed by atoms with Crippen molar-refractivity contribution in [1.29, 1.82) is 0 Å². The summed E-state index contributed by atoms with van der Waals surface area (Å²) >= 11 is 0. The molecule has 160 valence electrons. The Balaban J connectivity index is 1.98. The number of hydrogen-bond donors (Lipinski definition) is 1. The van der Waals surface area contributed by atoms with Gasteiger partial charge in [-0.05, 0) is 49.2 Å². The Kier molecular flexibility index (Phi) is 5.31. The van der Waals surface area contributed by atoms with Crippen LogP contribution in [0.5, 0.6) is 5.75 Å². The van der Waals surface area contributed by atoms with Crippen LogP contribution in [-0.2, 0) is 0 Å². The van der Waals surface area contributed by atoms with Crippen molar-refractivity contribution >= 4 is 5.91 Å². The van der Waals surface area contributed by atoms with E-state index in [1.54, 1.807) is 24.3 Å². The van der Waals surface area contributed by atoms with Crippen LogP contribution >= 0.6 is 0 Å². The van der Waals surface area contributed by atoms with Gasteiger partial charge in [-0.25, -0.2) is 8.78 Å². The fourth-order valence-electron chi connectivity index (χ4n) is 4.14. The molecular weight excluding hydrogens is 404 g/mol. The van der Waals surface area contributed by atoms with Crippen molar-refractivity contribution in [2.45, 2.75) is 31.8 Å². The molecule has 1 N–H and O–H groups in total. The molecule has 2 aromatic carbocycles. The highest BCUT2D eigenvalue weighted by Crippen LogP contribution is 2.40. The van der Waals surface area contributed by atoms with Crippen LogP contribution in [0.1, 0.15) is 47.4 Å². The molecule has 0 fully saturated rings. The molecule has 1 aromatic heterocycles. The molecule has 1 aliphatic rings. The first-order valence-electron chi connectivity index (χ1n) is 9.90. The van der Waals surface area contributed by atoms with Gasteiger partial charge in [-0.15, -0.1) is 0 Å². The van der Waals surface area contributed by atoms with Gasteiger partial charge in [0.2, 0.25) is 5.43 Å². The van der Waals surface area contributed by atoms with Crippen molar-refractivity contribution in [3.63, 3.8) is 0 Å². The first kappa shape index (κ1) is 20.7. The van der Waals surface area contributed by atoms with Gasteiger partial charge >= 0.3 is 0 Å². The molecule has 0 saturated heterocycles. The standard InChI is InChI=1S/C23H21F2N3O3/c1-13(2)27-12-18(28-21(23(27)31)22(30)19(29)11-26-28)20(14-5-3-7-16(24)9-14)15-6-4-8-17(25)10-15/h3-11,13,18,20,30H,12H2,1-2H3. The van der Waals surface area contributed by atoms with Crippen molar-refractivity contribution in [3.05, 3.63) is 93.4 Å². The number of nitrogens with zero attached hydrogens (tertiary/aromatic N) is 3. The topological polar surface area (TPSA) is 75.4 Å². The average molecular weight is 425 g/mol. The molecule has 0 radical (unpaired) electrons. The first-order valence-corrected chi connectivity index (χ1v) is 9.90. The molecule has 0 bridgehead atoms. The normalized spacial score (nSPS) is 16.1. The van der Waals surface area contributed by atoms with Gasteiger partial charge < -0.3 is 10.0 Å². The van der Waals surface area contributed by atoms with E-state index in [1.807, 2.05) is 13.8 Å². The summed E-state index contributed by atoms with van der Waals surface area (Å²) in [6.45, 7) is 3.81. The van der Waals surface area contributed by atoms with Gasteiger partial charge in [0.05, 0.1) is 12.2 Å². The number of rotatable bonds is 4. The zero-order valence-corrected chi connectivity index (χ0v) is 17.0. The summed E-state index contributed by atoms with van der Waals surface area (Å²) in [6, 6.07) is 11.0. The monoisotopic (exact) mass is 425 g/mol. The van der Waals surface area contributed by atoms with Crippen molar-refractivity contribution in [2.24, 2.45) is 0 Å². The largest absolute Gasteiger partial charge is 0.502 e. The van der Waals surface area contributed by atoms with E-state index in [4.69, 9.17) is 0 Å². The Bertz CT molecular complexity index is 1160. The number of carbonyl (C=O) groups excluding carboxylic acids is 1. The van der Waals surface area contributed by atoms with Crippen molar-refractivity contribution in [2.75, 3.05) is 6.54 Å². The third-order valence-corrected chi connectivity index (χ3v) is 5.57. The SMILES string of the molecule is CC(C)N1CC(C(c2cccc(F)c2)c2cccc(F)c2)n2ncc(=O)c(O)c2C1=O. The highest BCUT2D eigenvalue weighted by Gasteiger charge is 2.40. The van der Waals surface area contributed by atoms with Crippen LogP contribution in [0.3, 0.4) is 0 Å². The second-order valence-electron chi connectivity index (χ2n) is 7.86. The second-order valence-corrected chi connectivity index (χ2v) is 7.86. The van der Waals surface area contributed by atoms with Gasteiger partial charge in [-0.2, -0.15) is 5.10 Å². The molecule has 4 rings (SSSR count). The van der Waals surface area contributed by atoms with Crippen LogP contribution in [0.4, 0.5) is 8.78 Å². The van der Waals surface area contributed by atoms with Gasteiger partial charge in [-0.3, -0.25) is 14.3 Å². The molecule has 0 saturated carbocycles. The summed E-state index contributed by atoms with van der Waals surface area (Å²) in [6.07, 6.45) is 0.943. The molecule has 6 nitrogen and oxygen atoms in total. The summed E-state index contributed by atoms with van der Waals surface area (Å²) in [5.41, 5.74) is 0.117. The number of fused-ring (bicyclic) bond motifs is 1. The number of amides is 1. The average Bonchev–Trinajstić information content (AvgIpc) is 2.72. The Morgan fingerprint density at radius 3 is 2.13 bits per heavy atom. The van der Waals surface area contributed by atoms with E-state index >= 15 is 0 Å². The zero-order chi connectivity index (χ0) is 22.3. The first-order chi connectivity index (χ1) is 14.8. The Morgan fingerprint density at radius 1 is 1.03 bits per heavy atom. The van der Waals surface area contributed by atoms with Crippen LogP contribution in [0.2, 0.25) is 0 Å². The molecular formula is C23H21F2N3O3. The van der Waals surface area contributed by atoms with Gasteiger partial charge in [0.25, 0.3) is 5.91 Å². The molecule has 2 heterocycles. The van der Waals surface area contributed by atoms with Gasteiger partial charge in [0.1, 0.15) is 11.6 Å². The molecule has 1 amide bonds. The minimum atomic E-state index is -0.767. The molecule has 0 spiro atoms.